The molecule has 0 amide bonds. The molecule has 0 aliphatic heterocycles. The second-order valence-corrected chi connectivity index (χ2v) is 4.46. The molecule has 0 aromatic heterocycles. The molecule has 0 radical (unpaired) electrons. The van der Waals surface area contributed by atoms with Crippen LogP contribution in [-0.2, 0) is 6.18 Å². The van der Waals surface area contributed by atoms with Gasteiger partial charge in [0.25, 0.3) is 0 Å². The predicted molar refractivity (Wildman–Crippen MR) is 91.7 cm³/mol. The fourth-order valence-electron chi connectivity index (χ4n) is 1.39. The van der Waals surface area contributed by atoms with Crippen molar-refractivity contribution in [2.75, 3.05) is 19.7 Å². The van der Waals surface area contributed by atoms with Crippen molar-refractivity contribution in [3.63, 3.8) is 0 Å². The van der Waals surface area contributed by atoms with Gasteiger partial charge in [0.2, 0.25) is 0 Å². The van der Waals surface area contributed by atoms with Crippen molar-refractivity contribution in [1.29, 1.82) is 0 Å². The van der Waals surface area contributed by atoms with E-state index in [0.717, 1.165) is 17.7 Å². The number of hydrogen-bond acceptors (Lipinski definition) is 2. The minimum absolute atomic E-state index is 0. The maximum Gasteiger partial charge on any atom is 0.416 e. The van der Waals surface area contributed by atoms with Gasteiger partial charge < -0.3 is 15.8 Å². The molecule has 0 aliphatic carbocycles. The number of alkyl halides is 3. The third-order valence-corrected chi connectivity index (χ3v) is 2.36. The van der Waals surface area contributed by atoms with Crippen molar-refractivity contribution in [3.05, 3.63) is 42.0 Å². The van der Waals surface area contributed by atoms with Gasteiger partial charge in [0.05, 0.1) is 18.7 Å². The number of aliphatic imine (C=N–C) groups is 1. The normalized spacial score (nSPS) is 11.5. The van der Waals surface area contributed by atoms with Gasteiger partial charge in [0.1, 0.15) is 12.4 Å². The summed E-state index contributed by atoms with van der Waals surface area (Å²) in [7, 11) is 0. The first-order valence-electron chi connectivity index (χ1n) is 6.27. The highest BCUT2D eigenvalue weighted by Crippen LogP contribution is 2.31. The van der Waals surface area contributed by atoms with Crippen molar-refractivity contribution < 1.29 is 17.9 Å². The lowest BCUT2D eigenvalue weighted by Gasteiger charge is -2.11. The fraction of sp³-hybridized carbons (Fsp3) is 0.357. The Kier molecular flexibility index (Phi) is 8.91. The van der Waals surface area contributed by atoms with Gasteiger partial charge in [0, 0.05) is 0 Å². The highest BCUT2D eigenvalue weighted by Gasteiger charge is 2.30. The van der Waals surface area contributed by atoms with E-state index in [9.17, 15) is 13.2 Å². The van der Waals surface area contributed by atoms with E-state index in [1.807, 2.05) is 6.92 Å². The number of rotatable bonds is 6. The Labute approximate surface area is 144 Å². The highest BCUT2D eigenvalue weighted by molar-refractivity contribution is 14.0. The predicted octanol–water partition coefficient (Wildman–Crippen LogP) is 3.18. The Balaban J connectivity index is 0.00000441. The Hall–Kier alpha value is -1.45. The zero-order valence-corrected chi connectivity index (χ0v) is 14.4. The monoisotopic (exact) mass is 429 g/mol. The molecule has 8 heteroatoms. The molecule has 22 heavy (non-hydrogen) atoms. The van der Waals surface area contributed by atoms with Gasteiger partial charge in [-0.2, -0.15) is 13.2 Å². The van der Waals surface area contributed by atoms with Crippen LogP contribution in [-0.4, -0.2) is 25.7 Å². The molecule has 0 aliphatic rings. The molecule has 0 bridgehead atoms. The van der Waals surface area contributed by atoms with Gasteiger partial charge in [-0.15, -0.1) is 24.0 Å². The van der Waals surface area contributed by atoms with Gasteiger partial charge in [-0.25, -0.2) is 4.99 Å². The van der Waals surface area contributed by atoms with E-state index < -0.39 is 11.7 Å². The standard InChI is InChI=1S/C14H18F3N3O.HI/c1-10(2)9-20-13(18)19-6-7-21-12-5-3-4-11(8-12)14(15,16)17;/h3-5,8H,1,6-7,9H2,2H3,(H3,18,19,20);1H. The van der Waals surface area contributed by atoms with Crippen LogP contribution in [0.2, 0.25) is 0 Å². The lowest BCUT2D eigenvalue weighted by molar-refractivity contribution is -0.137. The smallest absolute Gasteiger partial charge is 0.416 e. The Morgan fingerprint density at radius 3 is 2.68 bits per heavy atom. The van der Waals surface area contributed by atoms with E-state index in [2.05, 4.69) is 16.9 Å². The van der Waals surface area contributed by atoms with Crippen LogP contribution < -0.4 is 15.8 Å². The van der Waals surface area contributed by atoms with Crippen LogP contribution in [0, 0.1) is 0 Å². The summed E-state index contributed by atoms with van der Waals surface area (Å²) in [6, 6.07) is 4.72. The summed E-state index contributed by atoms with van der Waals surface area (Å²) < 4.78 is 42.7. The summed E-state index contributed by atoms with van der Waals surface area (Å²) >= 11 is 0. The summed E-state index contributed by atoms with van der Waals surface area (Å²) in [5, 5.41) is 2.79. The quantitative estimate of drug-likeness (QED) is 0.240. The van der Waals surface area contributed by atoms with E-state index in [0.29, 0.717) is 13.1 Å². The summed E-state index contributed by atoms with van der Waals surface area (Å²) in [4.78, 5) is 3.99. The zero-order chi connectivity index (χ0) is 15.9. The second kappa shape index (κ2) is 9.54. The van der Waals surface area contributed by atoms with Gasteiger partial charge in [0.15, 0.2) is 5.96 Å². The number of ether oxygens (including phenoxy) is 1. The number of nitrogens with zero attached hydrogens (tertiary/aromatic N) is 1. The van der Waals surface area contributed by atoms with E-state index in [1.165, 1.54) is 12.1 Å². The van der Waals surface area contributed by atoms with Gasteiger partial charge in [-0.05, 0) is 25.1 Å². The zero-order valence-electron chi connectivity index (χ0n) is 12.1. The van der Waals surface area contributed by atoms with Crippen LogP contribution in [0.1, 0.15) is 12.5 Å². The maximum absolute atomic E-state index is 12.5. The second-order valence-electron chi connectivity index (χ2n) is 4.46. The number of nitrogens with one attached hydrogen (secondary N) is 1. The summed E-state index contributed by atoms with van der Waals surface area (Å²) in [6.45, 7) is 6.44. The maximum atomic E-state index is 12.5. The third-order valence-electron chi connectivity index (χ3n) is 2.36. The van der Waals surface area contributed by atoms with Crippen LogP contribution in [0.25, 0.3) is 0 Å². The van der Waals surface area contributed by atoms with Crippen LogP contribution in [0.15, 0.2) is 41.4 Å². The van der Waals surface area contributed by atoms with Crippen LogP contribution in [0.5, 0.6) is 5.75 Å². The molecule has 0 heterocycles. The lowest BCUT2D eigenvalue weighted by Crippen LogP contribution is -2.34. The van der Waals surface area contributed by atoms with E-state index >= 15 is 0 Å². The number of hydrogen-bond donors (Lipinski definition) is 2. The Bertz CT molecular complexity index is 518. The average molecular weight is 429 g/mol. The average Bonchev–Trinajstić information content (AvgIpc) is 2.41. The first kappa shape index (κ1) is 20.6. The highest BCUT2D eigenvalue weighted by atomic mass is 127. The minimum atomic E-state index is -4.38. The molecule has 1 aromatic carbocycles. The first-order valence-corrected chi connectivity index (χ1v) is 6.27. The molecule has 0 spiro atoms. The van der Waals surface area contributed by atoms with Gasteiger partial charge >= 0.3 is 6.18 Å². The summed E-state index contributed by atoms with van der Waals surface area (Å²) in [5.41, 5.74) is 5.71. The van der Waals surface area contributed by atoms with Crippen molar-refractivity contribution >= 4 is 29.9 Å². The molecule has 1 aromatic rings. The molecule has 0 atom stereocenters. The summed E-state index contributed by atoms with van der Waals surface area (Å²) in [5.74, 6) is 0.398. The molecule has 0 saturated heterocycles. The van der Waals surface area contributed by atoms with Crippen molar-refractivity contribution in [3.8, 4) is 5.75 Å². The number of nitrogens with two attached hydrogens (primary N) is 1. The van der Waals surface area contributed by atoms with Crippen LogP contribution in [0.3, 0.4) is 0 Å². The fourth-order valence-corrected chi connectivity index (χ4v) is 1.39. The van der Waals surface area contributed by atoms with Crippen molar-refractivity contribution in [2.45, 2.75) is 13.1 Å². The molecule has 0 unspecified atom stereocenters. The van der Waals surface area contributed by atoms with E-state index in [1.54, 1.807) is 0 Å². The van der Waals surface area contributed by atoms with Crippen molar-refractivity contribution in [2.24, 2.45) is 10.7 Å². The Morgan fingerprint density at radius 2 is 2.09 bits per heavy atom. The number of benzene rings is 1. The third kappa shape index (κ3) is 8.11. The molecule has 124 valence electrons. The lowest BCUT2D eigenvalue weighted by atomic mass is 10.2. The molecular formula is C14H19F3IN3O. The Morgan fingerprint density at radius 1 is 1.41 bits per heavy atom. The molecule has 0 saturated carbocycles. The number of halogens is 4. The first-order chi connectivity index (χ1) is 9.79. The van der Waals surface area contributed by atoms with Crippen molar-refractivity contribution in [1.82, 2.24) is 5.32 Å². The molecule has 4 nitrogen and oxygen atoms in total. The van der Waals surface area contributed by atoms with Crippen LogP contribution >= 0.6 is 24.0 Å². The SMILES string of the molecule is C=C(C)CN=C(N)NCCOc1cccc(C(F)(F)F)c1.I. The van der Waals surface area contributed by atoms with E-state index in [4.69, 9.17) is 10.5 Å². The number of guanidine groups is 1. The molecular weight excluding hydrogens is 410 g/mol. The molecule has 1 rings (SSSR count). The minimum Gasteiger partial charge on any atom is -0.492 e. The molecule has 0 fully saturated rings. The largest absolute Gasteiger partial charge is 0.492 e. The topological polar surface area (TPSA) is 59.6 Å². The summed E-state index contributed by atoms with van der Waals surface area (Å²) in [6.07, 6.45) is -4.38. The van der Waals surface area contributed by atoms with Gasteiger partial charge in [-0.1, -0.05) is 18.2 Å². The van der Waals surface area contributed by atoms with E-state index in [-0.39, 0.29) is 42.3 Å². The van der Waals surface area contributed by atoms with Crippen LogP contribution in [0.4, 0.5) is 13.2 Å². The van der Waals surface area contributed by atoms with Gasteiger partial charge in [-0.3, -0.25) is 0 Å². The molecule has 3 N–H and O–H groups in total.